The van der Waals surface area contributed by atoms with Crippen LogP contribution >= 0.6 is 0 Å². The molecule has 0 bridgehead atoms. The van der Waals surface area contributed by atoms with Gasteiger partial charge < -0.3 is 20.1 Å². The van der Waals surface area contributed by atoms with E-state index in [1.807, 2.05) is 6.07 Å². The molecule has 1 aliphatic rings. The molecule has 1 fully saturated rings. The van der Waals surface area contributed by atoms with Crippen molar-refractivity contribution in [2.75, 3.05) is 25.1 Å². The van der Waals surface area contributed by atoms with Gasteiger partial charge in [-0.05, 0) is 43.0 Å². The van der Waals surface area contributed by atoms with Gasteiger partial charge in [0.25, 0.3) is 0 Å². The number of aromatic nitrogens is 2. The minimum Gasteiger partial charge on any atom is -0.406 e. The molecule has 0 radical (unpaired) electrons. The number of rotatable bonds is 5. The van der Waals surface area contributed by atoms with Crippen LogP contribution in [0.3, 0.4) is 0 Å². The zero-order valence-corrected chi connectivity index (χ0v) is 15.7. The Morgan fingerprint density at radius 2 is 1.97 bits per heavy atom. The summed E-state index contributed by atoms with van der Waals surface area (Å²) in [4.78, 5) is 19.2. The molecule has 0 aliphatic carbocycles. The highest BCUT2D eigenvalue weighted by molar-refractivity contribution is 5.70. The molecule has 0 unspecified atom stereocenters. The molecule has 2 aromatic rings. The van der Waals surface area contributed by atoms with Crippen molar-refractivity contribution >= 4 is 17.7 Å². The van der Waals surface area contributed by atoms with E-state index in [0.29, 0.717) is 24.5 Å². The van der Waals surface area contributed by atoms with Crippen LogP contribution in [0.25, 0.3) is 0 Å². The molecule has 1 aromatic carbocycles. The van der Waals surface area contributed by atoms with Gasteiger partial charge in [0.05, 0.1) is 17.8 Å². The topological polar surface area (TPSA) is 109 Å². The van der Waals surface area contributed by atoms with Crippen LogP contribution in [0, 0.1) is 17.2 Å². The largest absolute Gasteiger partial charge is 0.437 e. The summed E-state index contributed by atoms with van der Waals surface area (Å²) in [7, 11) is 0. The van der Waals surface area contributed by atoms with Crippen LogP contribution in [0.4, 0.5) is 29.6 Å². The van der Waals surface area contributed by atoms with E-state index in [1.54, 1.807) is 0 Å². The van der Waals surface area contributed by atoms with E-state index < -0.39 is 23.7 Å². The highest BCUT2D eigenvalue weighted by Crippen LogP contribution is 2.35. The van der Waals surface area contributed by atoms with Gasteiger partial charge in [-0.25, -0.2) is 14.8 Å². The lowest BCUT2D eigenvalue weighted by Crippen LogP contribution is -2.34. The minimum atomic E-state index is -4.86. The fraction of sp³-hybridized carbons (Fsp3) is 0.368. The van der Waals surface area contributed by atoms with Crippen LogP contribution in [0.5, 0.6) is 5.75 Å². The second kappa shape index (κ2) is 9.41. The van der Waals surface area contributed by atoms with E-state index in [0.717, 1.165) is 19.0 Å². The molecule has 8 nitrogen and oxygen atoms in total. The standard InChI is InChI=1S/C19H18F3N5O3/c20-19(21,22)16-15(30-18(28)25-10-13-5-7-29-8-6-13)11-24-17(27-16)26-14-3-1-12(9-23)2-4-14/h1-4,11,13H,5-8,10H2,(H,25,28)(H,24,26,27). The van der Waals surface area contributed by atoms with Crippen molar-refractivity contribution < 1.29 is 27.4 Å². The molecule has 0 spiro atoms. The third-order valence-corrected chi connectivity index (χ3v) is 4.37. The number of carbonyl (C=O) groups is 1. The maximum absolute atomic E-state index is 13.4. The maximum Gasteiger partial charge on any atom is 0.437 e. The quantitative estimate of drug-likeness (QED) is 0.759. The SMILES string of the molecule is N#Cc1ccc(Nc2ncc(OC(=O)NCC3CCOCC3)c(C(F)(F)F)n2)cc1. The predicted molar refractivity (Wildman–Crippen MR) is 99.0 cm³/mol. The zero-order chi connectivity index (χ0) is 21.6. The Kier molecular flexibility index (Phi) is 6.68. The van der Waals surface area contributed by atoms with E-state index in [4.69, 9.17) is 14.7 Å². The second-order valence-corrected chi connectivity index (χ2v) is 6.54. The minimum absolute atomic E-state index is 0.184. The molecule has 30 heavy (non-hydrogen) atoms. The number of nitriles is 1. The summed E-state index contributed by atoms with van der Waals surface area (Å²) in [5.41, 5.74) is -0.590. The van der Waals surface area contributed by atoms with E-state index >= 15 is 0 Å². The van der Waals surface area contributed by atoms with Crippen molar-refractivity contribution in [2.24, 2.45) is 5.92 Å². The van der Waals surface area contributed by atoms with Gasteiger partial charge in [0.1, 0.15) is 0 Å². The Hall–Kier alpha value is -3.39. The van der Waals surface area contributed by atoms with Crippen LogP contribution in [-0.2, 0) is 10.9 Å². The monoisotopic (exact) mass is 421 g/mol. The molecule has 3 rings (SSSR count). The number of hydrogen-bond acceptors (Lipinski definition) is 7. The van der Waals surface area contributed by atoms with Crippen molar-refractivity contribution in [2.45, 2.75) is 19.0 Å². The first-order valence-corrected chi connectivity index (χ1v) is 9.10. The lowest BCUT2D eigenvalue weighted by Gasteiger charge is -2.22. The normalized spacial score (nSPS) is 14.6. The molecule has 2 N–H and O–H groups in total. The highest BCUT2D eigenvalue weighted by atomic mass is 19.4. The highest BCUT2D eigenvalue weighted by Gasteiger charge is 2.38. The molecule has 11 heteroatoms. The molecule has 0 saturated carbocycles. The molecule has 1 aromatic heterocycles. The lowest BCUT2D eigenvalue weighted by atomic mass is 10.0. The lowest BCUT2D eigenvalue weighted by molar-refractivity contribution is -0.142. The predicted octanol–water partition coefficient (Wildman–Crippen LogP) is 3.63. The van der Waals surface area contributed by atoms with Crippen LogP contribution in [0.2, 0.25) is 0 Å². The van der Waals surface area contributed by atoms with Crippen molar-refractivity contribution in [3.8, 4) is 11.8 Å². The smallest absolute Gasteiger partial charge is 0.406 e. The van der Waals surface area contributed by atoms with E-state index in [1.165, 1.54) is 24.3 Å². The summed E-state index contributed by atoms with van der Waals surface area (Å²) >= 11 is 0. The first kappa shape index (κ1) is 21.3. The molecule has 2 heterocycles. The number of nitrogens with zero attached hydrogens (tertiary/aromatic N) is 3. The van der Waals surface area contributed by atoms with Gasteiger partial charge >= 0.3 is 12.3 Å². The van der Waals surface area contributed by atoms with Crippen LogP contribution in [-0.4, -0.2) is 35.8 Å². The average molecular weight is 421 g/mol. The van der Waals surface area contributed by atoms with Crippen LogP contribution in [0.1, 0.15) is 24.1 Å². The van der Waals surface area contributed by atoms with E-state index in [2.05, 4.69) is 20.6 Å². The van der Waals surface area contributed by atoms with Gasteiger partial charge in [0.15, 0.2) is 11.4 Å². The summed E-state index contributed by atoms with van der Waals surface area (Å²) in [6.45, 7) is 1.45. The fourth-order valence-corrected chi connectivity index (χ4v) is 2.78. The van der Waals surface area contributed by atoms with Gasteiger partial charge in [-0.3, -0.25) is 0 Å². The number of nitrogens with one attached hydrogen (secondary N) is 2. The summed E-state index contributed by atoms with van der Waals surface area (Å²) in [6, 6.07) is 7.93. The maximum atomic E-state index is 13.4. The summed E-state index contributed by atoms with van der Waals surface area (Å²) < 4.78 is 50.3. The molecule has 1 amide bonds. The molecule has 1 aliphatic heterocycles. The number of ether oxygens (including phenoxy) is 2. The van der Waals surface area contributed by atoms with Crippen LogP contribution in [0.15, 0.2) is 30.5 Å². The molecular formula is C19H18F3N5O3. The number of anilines is 2. The van der Waals surface area contributed by atoms with E-state index in [9.17, 15) is 18.0 Å². The molecule has 0 atom stereocenters. The third kappa shape index (κ3) is 5.81. The number of benzene rings is 1. The molecule has 158 valence electrons. The number of carbonyl (C=O) groups excluding carboxylic acids is 1. The third-order valence-electron chi connectivity index (χ3n) is 4.37. The Balaban J connectivity index is 1.69. The number of halogens is 3. The van der Waals surface area contributed by atoms with Crippen LogP contribution < -0.4 is 15.4 Å². The average Bonchev–Trinajstić information content (AvgIpc) is 2.74. The van der Waals surface area contributed by atoms with E-state index in [-0.39, 0.29) is 18.4 Å². The van der Waals surface area contributed by atoms with Crippen molar-refractivity contribution in [3.63, 3.8) is 0 Å². The number of amides is 1. The fourth-order valence-electron chi connectivity index (χ4n) is 2.78. The Bertz CT molecular complexity index is 922. The second-order valence-electron chi connectivity index (χ2n) is 6.54. The van der Waals surface area contributed by atoms with Gasteiger partial charge in [-0.15, -0.1) is 0 Å². The summed E-state index contributed by atoms with van der Waals surface area (Å²) in [5.74, 6) is -0.942. The van der Waals surface area contributed by atoms with Gasteiger partial charge in [-0.1, -0.05) is 0 Å². The Morgan fingerprint density at radius 1 is 1.27 bits per heavy atom. The Morgan fingerprint density at radius 3 is 2.60 bits per heavy atom. The first-order chi connectivity index (χ1) is 14.3. The molecular weight excluding hydrogens is 403 g/mol. The van der Waals surface area contributed by atoms with Gasteiger partial charge in [0, 0.05) is 25.4 Å². The molecule has 1 saturated heterocycles. The summed E-state index contributed by atoms with van der Waals surface area (Å²) in [5, 5.41) is 13.9. The van der Waals surface area contributed by atoms with Crippen molar-refractivity contribution in [1.29, 1.82) is 5.26 Å². The van der Waals surface area contributed by atoms with Crippen molar-refractivity contribution in [1.82, 2.24) is 15.3 Å². The number of alkyl halides is 3. The van der Waals surface area contributed by atoms with Gasteiger partial charge in [0.2, 0.25) is 5.95 Å². The Labute approximate surface area is 170 Å². The van der Waals surface area contributed by atoms with Crippen molar-refractivity contribution in [3.05, 3.63) is 41.7 Å². The summed E-state index contributed by atoms with van der Waals surface area (Å²) in [6.07, 6.45) is -3.57. The zero-order valence-electron chi connectivity index (χ0n) is 15.7. The number of hydrogen-bond donors (Lipinski definition) is 2. The van der Waals surface area contributed by atoms with Gasteiger partial charge in [-0.2, -0.15) is 18.4 Å². The first-order valence-electron chi connectivity index (χ1n) is 9.10.